The standard InChI is InChI=1S/C8H10FIN2O/c9-8-3-7(10)6(5-12-8)4-11-1-2-13/h3,5,11,13H,1-2,4H2. The van der Waals surface area contributed by atoms with Crippen LogP contribution in [0.25, 0.3) is 0 Å². The number of aliphatic hydroxyl groups is 1. The van der Waals surface area contributed by atoms with Crippen LogP contribution in [-0.4, -0.2) is 23.2 Å². The number of hydrogen-bond donors (Lipinski definition) is 2. The molecule has 0 aliphatic heterocycles. The lowest BCUT2D eigenvalue weighted by atomic mass is 10.3. The summed E-state index contributed by atoms with van der Waals surface area (Å²) in [7, 11) is 0. The van der Waals surface area contributed by atoms with Crippen molar-refractivity contribution in [2.75, 3.05) is 13.2 Å². The van der Waals surface area contributed by atoms with Gasteiger partial charge in [0.2, 0.25) is 5.95 Å². The van der Waals surface area contributed by atoms with E-state index in [1.165, 1.54) is 12.3 Å². The number of aromatic nitrogens is 1. The second-order valence-electron chi connectivity index (χ2n) is 2.50. The van der Waals surface area contributed by atoms with Gasteiger partial charge in [0.1, 0.15) is 0 Å². The van der Waals surface area contributed by atoms with Crippen LogP contribution >= 0.6 is 22.6 Å². The van der Waals surface area contributed by atoms with E-state index in [1.54, 1.807) is 0 Å². The van der Waals surface area contributed by atoms with Crippen LogP contribution in [-0.2, 0) is 6.54 Å². The van der Waals surface area contributed by atoms with E-state index in [-0.39, 0.29) is 6.61 Å². The zero-order chi connectivity index (χ0) is 9.68. The molecule has 0 bridgehead atoms. The Kier molecular flexibility index (Phi) is 4.54. The van der Waals surface area contributed by atoms with Gasteiger partial charge in [-0.05, 0) is 28.2 Å². The van der Waals surface area contributed by atoms with Crippen LogP contribution in [0.4, 0.5) is 4.39 Å². The summed E-state index contributed by atoms with van der Waals surface area (Å²) >= 11 is 2.06. The SMILES string of the molecule is OCCNCc1cnc(F)cc1I. The highest BCUT2D eigenvalue weighted by Crippen LogP contribution is 2.11. The molecule has 72 valence electrons. The molecule has 1 aromatic heterocycles. The minimum Gasteiger partial charge on any atom is -0.395 e. The summed E-state index contributed by atoms with van der Waals surface area (Å²) in [6.45, 7) is 1.24. The van der Waals surface area contributed by atoms with E-state index in [4.69, 9.17) is 5.11 Å². The van der Waals surface area contributed by atoms with Gasteiger partial charge in [0, 0.05) is 28.9 Å². The second kappa shape index (κ2) is 5.46. The summed E-state index contributed by atoms with van der Waals surface area (Å²) < 4.78 is 13.4. The van der Waals surface area contributed by atoms with Crippen molar-refractivity contribution in [2.45, 2.75) is 6.54 Å². The maximum absolute atomic E-state index is 12.6. The van der Waals surface area contributed by atoms with Gasteiger partial charge in [-0.2, -0.15) is 4.39 Å². The number of pyridine rings is 1. The van der Waals surface area contributed by atoms with Crippen molar-refractivity contribution in [2.24, 2.45) is 0 Å². The lowest BCUT2D eigenvalue weighted by molar-refractivity contribution is 0.292. The average molecular weight is 296 g/mol. The van der Waals surface area contributed by atoms with Crippen molar-refractivity contribution < 1.29 is 9.50 Å². The van der Waals surface area contributed by atoms with Crippen LogP contribution in [0.2, 0.25) is 0 Å². The van der Waals surface area contributed by atoms with Gasteiger partial charge in [0.25, 0.3) is 0 Å². The van der Waals surface area contributed by atoms with Crippen molar-refractivity contribution in [1.29, 1.82) is 0 Å². The largest absolute Gasteiger partial charge is 0.395 e. The van der Waals surface area contributed by atoms with Crippen molar-refractivity contribution in [1.82, 2.24) is 10.3 Å². The smallest absolute Gasteiger partial charge is 0.213 e. The van der Waals surface area contributed by atoms with Crippen LogP contribution in [0.5, 0.6) is 0 Å². The Bertz CT molecular complexity index is 283. The number of nitrogens with one attached hydrogen (secondary N) is 1. The summed E-state index contributed by atoms with van der Waals surface area (Å²) in [6.07, 6.45) is 1.50. The number of nitrogens with zero attached hydrogens (tertiary/aromatic N) is 1. The van der Waals surface area contributed by atoms with Gasteiger partial charge < -0.3 is 10.4 Å². The molecule has 0 amide bonds. The van der Waals surface area contributed by atoms with Crippen molar-refractivity contribution in [3.63, 3.8) is 0 Å². The predicted molar refractivity (Wildman–Crippen MR) is 55.7 cm³/mol. The van der Waals surface area contributed by atoms with E-state index in [0.717, 1.165) is 9.13 Å². The van der Waals surface area contributed by atoms with Gasteiger partial charge in [-0.25, -0.2) is 4.98 Å². The first kappa shape index (κ1) is 10.8. The predicted octanol–water partition coefficient (Wildman–Crippen LogP) is 0.907. The summed E-state index contributed by atoms with van der Waals surface area (Å²) in [5, 5.41) is 11.5. The molecule has 0 fully saturated rings. The quantitative estimate of drug-likeness (QED) is 0.493. The molecule has 13 heavy (non-hydrogen) atoms. The van der Waals surface area contributed by atoms with Crippen molar-refractivity contribution >= 4 is 22.6 Å². The molecule has 0 aliphatic rings. The van der Waals surface area contributed by atoms with Crippen LogP contribution in [0, 0.1) is 9.52 Å². The van der Waals surface area contributed by atoms with E-state index >= 15 is 0 Å². The molecule has 1 aromatic rings. The summed E-state index contributed by atoms with van der Waals surface area (Å²) in [5.74, 6) is -0.463. The molecule has 5 heteroatoms. The molecule has 0 radical (unpaired) electrons. The molecule has 0 spiro atoms. The number of halogens is 2. The molecule has 1 heterocycles. The highest BCUT2D eigenvalue weighted by molar-refractivity contribution is 14.1. The third-order valence-electron chi connectivity index (χ3n) is 1.50. The van der Waals surface area contributed by atoms with Gasteiger partial charge in [0.15, 0.2) is 0 Å². The third-order valence-corrected chi connectivity index (χ3v) is 2.50. The monoisotopic (exact) mass is 296 g/mol. The Morgan fingerprint density at radius 1 is 1.62 bits per heavy atom. The Morgan fingerprint density at radius 3 is 3.00 bits per heavy atom. The molecule has 2 N–H and O–H groups in total. The van der Waals surface area contributed by atoms with E-state index in [0.29, 0.717) is 13.1 Å². The fourth-order valence-electron chi connectivity index (χ4n) is 0.868. The molecule has 3 nitrogen and oxygen atoms in total. The Labute approximate surface area is 89.5 Å². The minimum absolute atomic E-state index is 0.102. The van der Waals surface area contributed by atoms with Gasteiger partial charge in [-0.1, -0.05) is 0 Å². The summed E-state index contributed by atoms with van der Waals surface area (Å²) in [6, 6.07) is 1.39. The highest BCUT2D eigenvalue weighted by atomic mass is 127. The molecular weight excluding hydrogens is 286 g/mol. The molecule has 0 saturated heterocycles. The number of rotatable bonds is 4. The summed E-state index contributed by atoms with van der Waals surface area (Å²) in [5.41, 5.74) is 0.940. The average Bonchev–Trinajstić information content (AvgIpc) is 2.09. The van der Waals surface area contributed by atoms with Crippen molar-refractivity contribution in [3.8, 4) is 0 Å². The number of aliphatic hydroxyl groups excluding tert-OH is 1. The summed E-state index contributed by atoms with van der Waals surface area (Å²) in [4.78, 5) is 3.54. The van der Waals surface area contributed by atoms with E-state index in [1.807, 2.05) is 0 Å². The molecule has 0 aliphatic carbocycles. The van der Waals surface area contributed by atoms with Gasteiger partial charge in [0.05, 0.1) is 6.61 Å². The van der Waals surface area contributed by atoms with Crippen LogP contribution < -0.4 is 5.32 Å². The van der Waals surface area contributed by atoms with Crippen molar-refractivity contribution in [3.05, 3.63) is 27.3 Å². The van der Waals surface area contributed by atoms with Crippen LogP contribution in [0.1, 0.15) is 5.56 Å². The van der Waals surface area contributed by atoms with Crippen LogP contribution in [0.3, 0.4) is 0 Å². The fourth-order valence-corrected chi connectivity index (χ4v) is 1.45. The molecule has 0 atom stereocenters. The minimum atomic E-state index is -0.463. The Hall–Kier alpha value is -0.270. The first-order chi connectivity index (χ1) is 6.24. The normalized spacial score (nSPS) is 10.4. The van der Waals surface area contributed by atoms with E-state index < -0.39 is 5.95 Å². The molecule has 0 saturated carbocycles. The zero-order valence-corrected chi connectivity index (χ0v) is 9.08. The van der Waals surface area contributed by atoms with E-state index in [2.05, 4.69) is 32.9 Å². The lowest BCUT2D eigenvalue weighted by Gasteiger charge is -2.04. The van der Waals surface area contributed by atoms with E-state index in [9.17, 15) is 4.39 Å². The molecule has 1 rings (SSSR count). The molecular formula is C8H10FIN2O. The van der Waals surface area contributed by atoms with Gasteiger partial charge >= 0.3 is 0 Å². The third kappa shape index (κ3) is 3.53. The lowest BCUT2D eigenvalue weighted by Crippen LogP contribution is -2.18. The van der Waals surface area contributed by atoms with Crippen LogP contribution in [0.15, 0.2) is 12.3 Å². The maximum Gasteiger partial charge on any atom is 0.213 e. The maximum atomic E-state index is 12.6. The zero-order valence-electron chi connectivity index (χ0n) is 6.93. The number of hydrogen-bond acceptors (Lipinski definition) is 3. The topological polar surface area (TPSA) is 45.1 Å². The van der Waals surface area contributed by atoms with Gasteiger partial charge in [-0.3, -0.25) is 0 Å². The second-order valence-corrected chi connectivity index (χ2v) is 3.66. The molecule has 0 aromatic carbocycles. The first-order valence-electron chi connectivity index (χ1n) is 3.85. The Morgan fingerprint density at radius 2 is 2.38 bits per heavy atom. The highest BCUT2D eigenvalue weighted by Gasteiger charge is 2.01. The first-order valence-corrected chi connectivity index (χ1v) is 4.93. The Balaban J connectivity index is 2.56. The fraction of sp³-hybridized carbons (Fsp3) is 0.375. The molecule has 0 unspecified atom stereocenters. The van der Waals surface area contributed by atoms with Gasteiger partial charge in [-0.15, -0.1) is 0 Å².